The summed E-state index contributed by atoms with van der Waals surface area (Å²) >= 11 is 0. The van der Waals surface area contributed by atoms with Crippen LogP contribution in [0.2, 0.25) is 0 Å². The fraction of sp³-hybridized carbons (Fsp3) is 0.571. The second-order valence-electron chi connectivity index (χ2n) is 5.46. The summed E-state index contributed by atoms with van der Waals surface area (Å²) in [4.78, 5) is 11.2. The smallest absolute Gasteiger partial charge is 0.339 e. The molecule has 0 amide bonds. The van der Waals surface area contributed by atoms with Crippen LogP contribution in [0, 0.1) is 0 Å². The molecule has 8 nitrogen and oxygen atoms in total. The highest BCUT2D eigenvalue weighted by molar-refractivity contribution is 7.91. The molecule has 1 unspecified atom stereocenters. The molecular formula is C14H22NO7PS. The molecule has 1 aromatic rings. The molecule has 0 aliphatic carbocycles. The number of morpholine rings is 1. The zero-order valence-electron chi connectivity index (χ0n) is 13.5. The second-order valence-corrected chi connectivity index (χ2v) is 9.04. The lowest BCUT2D eigenvalue weighted by Crippen LogP contribution is -2.37. The molecule has 0 saturated carbocycles. The van der Waals surface area contributed by atoms with Crippen molar-refractivity contribution >= 4 is 17.7 Å². The van der Waals surface area contributed by atoms with E-state index < -0.39 is 17.7 Å². The third-order valence-electron chi connectivity index (χ3n) is 3.32. The van der Waals surface area contributed by atoms with E-state index in [2.05, 4.69) is 8.87 Å². The Morgan fingerprint density at radius 2 is 2.04 bits per heavy atom. The Hall–Kier alpha value is -0.960. The number of hydrogen-bond acceptors (Lipinski definition) is 7. The molecule has 24 heavy (non-hydrogen) atoms. The number of ether oxygens (including phenoxy) is 2. The predicted molar refractivity (Wildman–Crippen MR) is 87.8 cm³/mol. The first-order chi connectivity index (χ1) is 11.3. The Morgan fingerprint density at radius 3 is 2.71 bits per heavy atom. The predicted octanol–water partition coefficient (Wildman–Crippen LogP) is 1.31. The lowest BCUT2D eigenvalue weighted by Gasteiger charge is -2.26. The minimum absolute atomic E-state index is 0.218. The zero-order valence-corrected chi connectivity index (χ0v) is 15.2. The van der Waals surface area contributed by atoms with Crippen LogP contribution in [0.4, 0.5) is 0 Å². The van der Waals surface area contributed by atoms with Crippen LogP contribution in [0.15, 0.2) is 29.2 Å². The molecule has 1 atom stereocenters. The van der Waals surface area contributed by atoms with Gasteiger partial charge in [0.05, 0.1) is 24.7 Å². The van der Waals surface area contributed by atoms with Crippen LogP contribution < -0.4 is 4.74 Å². The van der Waals surface area contributed by atoms with E-state index in [0.717, 1.165) is 45.9 Å². The van der Waals surface area contributed by atoms with E-state index in [1.807, 2.05) is 0 Å². The fourth-order valence-corrected chi connectivity index (χ4v) is 4.55. The van der Waals surface area contributed by atoms with Crippen molar-refractivity contribution in [2.24, 2.45) is 0 Å². The number of rotatable bonds is 8. The van der Waals surface area contributed by atoms with Gasteiger partial charge in [-0.25, -0.2) is 0 Å². The maximum absolute atomic E-state index is 11.9. The number of nitrogens with zero attached hydrogens (tertiary/aromatic N) is 1. The largest absolute Gasteiger partial charge is 0.494 e. The van der Waals surface area contributed by atoms with Crippen molar-refractivity contribution in [2.75, 3.05) is 46.1 Å². The molecule has 1 fully saturated rings. The summed E-state index contributed by atoms with van der Waals surface area (Å²) in [5, 5.41) is 0. The highest BCUT2D eigenvalue weighted by Gasteiger charge is 2.25. The summed E-state index contributed by atoms with van der Waals surface area (Å²) in [7, 11) is -8.46. The first-order valence-corrected chi connectivity index (χ1v) is 11.0. The van der Waals surface area contributed by atoms with Crippen LogP contribution in [0.5, 0.6) is 5.75 Å². The summed E-state index contributed by atoms with van der Waals surface area (Å²) in [6.07, 6.45) is 0.800. The zero-order chi connectivity index (χ0) is 17.6. The highest BCUT2D eigenvalue weighted by atomic mass is 32.2. The molecule has 1 N–H and O–H groups in total. The molecular weight excluding hydrogens is 357 g/mol. The second kappa shape index (κ2) is 8.42. The summed E-state index contributed by atoms with van der Waals surface area (Å²) in [6, 6.07) is 5.68. The molecule has 1 aromatic carbocycles. The van der Waals surface area contributed by atoms with Gasteiger partial charge in [0.1, 0.15) is 5.75 Å². The average Bonchev–Trinajstić information content (AvgIpc) is 2.51. The summed E-state index contributed by atoms with van der Waals surface area (Å²) in [6.45, 7) is 5.44. The number of benzene rings is 1. The molecule has 136 valence electrons. The first-order valence-electron chi connectivity index (χ1n) is 7.56. The fourth-order valence-electron chi connectivity index (χ4n) is 2.25. The quantitative estimate of drug-likeness (QED) is 0.533. The molecule has 0 aromatic heterocycles. The third-order valence-corrected chi connectivity index (χ3v) is 6.04. The molecule has 1 aliphatic rings. The maximum Gasteiger partial charge on any atom is 0.339 e. The first kappa shape index (κ1) is 19.4. The lowest BCUT2D eigenvalue weighted by atomic mass is 10.3. The minimum Gasteiger partial charge on any atom is -0.494 e. The van der Waals surface area contributed by atoms with Crippen LogP contribution in [-0.2, 0) is 23.4 Å². The van der Waals surface area contributed by atoms with E-state index in [-0.39, 0.29) is 4.90 Å². The van der Waals surface area contributed by atoms with E-state index in [1.54, 1.807) is 6.07 Å². The normalized spacial score (nSPS) is 18.9. The van der Waals surface area contributed by atoms with E-state index in [0.29, 0.717) is 12.4 Å². The van der Waals surface area contributed by atoms with Crippen LogP contribution in [0.25, 0.3) is 0 Å². The van der Waals surface area contributed by atoms with Crippen molar-refractivity contribution in [1.82, 2.24) is 4.90 Å². The molecule has 1 aliphatic heterocycles. The SMILES string of the molecule is CP(=O)(O)OS(=O)(=O)c1cccc(OCCCN2CCOCC2)c1. The van der Waals surface area contributed by atoms with Crippen molar-refractivity contribution in [2.45, 2.75) is 11.3 Å². The van der Waals surface area contributed by atoms with E-state index in [9.17, 15) is 13.0 Å². The number of hydrogen-bond donors (Lipinski definition) is 1. The van der Waals surface area contributed by atoms with Crippen LogP contribution in [0.3, 0.4) is 0 Å². The van der Waals surface area contributed by atoms with E-state index >= 15 is 0 Å². The Kier molecular flexibility index (Phi) is 6.79. The van der Waals surface area contributed by atoms with Gasteiger partial charge in [0.25, 0.3) is 0 Å². The lowest BCUT2D eigenvalue weighted by molar-refractivity contribution is 0.0358. The van der Waals surface area contributed by atoms with Crippen molar-refractivity contribution in [3.63, 3.8) is 0 Å². The van der Waals surface area contributed by atoms with Gasteiger partial charge in [0, 0.05) is 32.4 Å². The van der Waals surface area contributed by atoms with Gasteiger partial charge in [-0.2, -0.15) is 12.4 Å². The maximum atomic E-state index is 11.9. The Balaban J connectivity index is 1.87. The van der Waals surface area contributed by atoms with Gasteiger partial charge in [-0.1, -0.05) is 6.07 Å². The molecule has 0 bridgehead atoms. The molecule has 0 radical (unpaired) electrons. The Labute approximate surface area is 142 Å². The van der Waals surface area contributed by atoms with Gasteiger partial charge >= 0.3 is 17.7 Å². The minimum atomic E-state index is -4.30. The van der Waals surface area contributed by atoms with E-state index in [4.69, 9.17) is 14.4 Å². The van der Waals surface area contributed by atoms with Gasteiger partial charge in [-0.15, -0.1) is 0 Å². The Morgan fingerprint density at radius 1 is 1.33 bits per heavy atom. The van der Waals surface area contributed by atoms with Crippen molar-refractivity contribution < 1.29 is 31.3 Å². The van der Waals surface area contributed by atoms with Gasteiger partial charge in [0.2, 0.25) is 0 Å². The van der Waals surface area contributed by atoms with Gasteiger partial charge < -0.3 is 14.4 Å². The van der Waals surface area contributed by atoms with Crippen LogP contribution in [0.1, 0.15) is 6.42 Å². The summed E-state index contributed by atoms with van der Waals surface area (Å²) in [5.74, 6) is 0.366. The van der Waals surface area contributed by atoms with E-state index in [1.165, 1.54) is 18.2 Å². The molecule has 0 spiro atoms. The molecule has 1 saturated heterocycles. The topological polar surface area (TPSA) is 102 Å². The molecule has 1 heterocycles. The van der Waals surface area contributed by atoms with Crippen molar-refractivity contribution in [3.05, 3.63) is 24.3 Å². The molecule has 10 heteroatoms. The summed E-state index contributed by atoms with van der Waals surface area (Å²) in [5.41, 5.74) is 0. The van der Waals surface area contributed by atoms with Gasteiger partial charge in [-0.3, -0.25) is 9.46 Å². The third kappa shape index (κ3) is 6.51. The van der Waals surface area contributed by atoms with Crippen molar-refractivity contribution in [3.8, 4) is 5.75 Å². The Bertz CT molecular complexity index is 682. The standard InChI is InChI=1S/C14H22NO7PS/c1-23(16,17)22-24(18,19)14-5-2-4-13(12-14)21-9-3-6-15-7-10-20-11-8-15/h2,4-5,12H,3,6-11H2,1H3,(H,16,17). The highest BCUT2D eigenvalue weighted by Crippen LogP contribution is 2.41. The van der Waals surface area contributed by atoms with Gasteiger partial charge in [0.15, 0.2) is 0 Å². The van der Waals surface area contributed by atoms with Gasteiger partial charge in [-0.05, 0) is 18.6 Å². The molecule has 2 rings (SSSR count). The average molecular weight is 379 g/mol. The monoisotopic (exact) mass is 379 g/mol. The summed E-state index contributed by atoms with van der Waals surface area (Å²) < 4.78 is 50.1. The van der Waals surface area contributed by atoms with Crippen LogP contribution in [-0.4, -0.2) is 64.3 Å². The van der Waals surface area contributed by atoms with Crippen molar-refractivity contribution in [1.29, 1.82) is 0 Å². The van der Waals surface area contributed by atoms with Crippen LogP contribution >= 0.6 is 7.60 Å².